The molecule has 0 unspecified atom stereocenters. The fourth-order valence-corrected chi connectivity index (χ4v) is 15.1. The molecule has 0 heterocycles. The minimum atomic E-state index is 0.764. The van der Waals surface area contributed by atoms with Crippen LogP contribution < -0.4 is 15.3 Å². The summed E-state index contributed by atoms with van der Waals surface area (Å²) in [5.74, 6) is 0. The van der Waals surface area contributed by atoms with Gasteiger partial charge in [0.15, 0.2) is 0 Å². The molecule has 0 saturated heterocycles. The third kappa shape index (κ3) is 15.3. The predicted octanol–water partition coefficient (Wildman–Crippen LogP) is 28.0. The van der Waals surface area contributed by atoms with Gasteiger partial charge in [-0.15, -0.1) is 0 Å². The van der Waals surface area contributed by atoms with E-state index in [9.17, 15) is 0 Å². The van der Waals surface area contributed by atoms with Crippen molar-refractivity contribution >= 4 is 84.9 Å². The number of fused-ring (bicyclic) bond motifs is 2. The lowest BCUT2D eigenvalue weighted by Gasteiger charge is -2.27. The van der Waals surface area contributed by atoms with Gasteiger partial charge in [0.2, 0.25) is 0 Å². The summed E-state index contributed by atoms with van der Waals surface area (Å²) in [6.07, 6.45) is 16.9. The zero-order valence-corrected chi connectivity index (χ0v) is 59.4. The van der Waals surface area contributed by atoms with Gasteiger partial charge in [0, 0.05) is 38.6 Å². The SMILES string of the molecule is [B]c1ccc(-c2ccc(N(c3ccc(-c4ccccc4)cc3)c3ccc(-c4cc(CCCCCCCC)c(-c5c(CCCCCCCC)cc(-c6ccc(N(c7ccc(-c8ccccc8)cc7)c7ccc(-c8ccc(Br)cc8)cc7)cc6)c6ccccc56)c5ccccc45)cc3)cc2)cc1. The van der Waals surface area contributed by atoms with Crippen molar-refractivity contribution in [2.75, 3.05) is 9.80 Å². The molecule has 0 spiro atoms. The van der Waals surface area contributed by atoms with E-state index in [1.54, 1.807) is 0 Å². The molecule has 0 N–H and O–H groups in total. The van der Waals surface area contributed by atoms with Gasteiger partial charge in [0.1, 0.15) is 7.85 Å². The lowest BCUT2D eigenvalue weighted by atomic mass is 9.80. The quantitative estimate of drug-likeness (QED) is 0.0374. The second-order valence-electron chi connectivity index (χ2n) is 26.9. The van der Waals surface area contributed by atoms with E-state index in [0.717, 1.165) is 80.9 Å². The largest absolute Gasteiger partial charge is 0.311 e. The highest BCUT2D eigenvalue weighted by molar-refractivity contribution is 9.10. The number of aryl methyl sites for hydroxylation is 2. The molecule has 0 atom stereocenters. The van der Waals surface area contributed by atoms with Crippen molar-refractivity contribution in [2.45, 2.75) is 104 Å². The Morgan fingerprint density at radius 2 is 0.500 bits per heavy atom. The van der Waals surface area contributed by atoms with Crippen LogP contribution in [0.3, 0.4) is 0 Å². The summed E-state index contributed by atoms with van der Waals surface area (Å²) in [6.45, 7) is 4.63. The first-order valence-corrected chi connectivity index (χ1v) is 37.2. The van der Waals surface area contributed by atoms with Gasteiger partial charge in [-0.3, -0.25) is 0 Å². The predicted molar refractivity (Wildman–Crippen MR) is 436 cm³/mol. The first kappa shape index (κ1) is 67.0. The topological polar surface area (TPSA) is 6.48 Å². The molecule has 0 aliphatic carbocycles. The first-order chi connectivity index (χ1) is 49.3. The van der Waals surface area contributed by atoms with Crippen molar-refractivity contribution in [1.82, 2.24) is 0 Å². The summed E-state index contributed by atoms with van der Waals surface area (Å²) in [4.78, 5) is 4.78. The van der Waals surface area contributed by atoms with Crippen LogP contribution in [-0.2, 0) is 12.8 Å². The number of unbranched alkanes of at least 4 members (excludes halogenated alkanes) is 10. The van der Waals surface area contributed by atoms with Gasteiger partial charge in [-0.1, -0.05) is 318 Å². The molecule has 0 fully saturated rings. The van der Waals surface area contributed by atoms with E-state index in [4.69, 9.17) is 7.85 Å². The third-order valence-corrected chi connectivity index (χ3v) is 20.6. The van der Waals surface area contributed by atoms with Crippen LogP contribution in [0, 0.1) is 0 Å². The summed E-state index contributed by atoms with van der Waals surface area (Å²) < 4.78 is 1.08. The Kier molecular flexibility index (Phi) is 21.5. The summed E-state index contributed by atoms with van der Waals surface area (Å²) in [5.41, 5.74) is 27.5. The fourth-order valence-electron chi connectivity index (χ4n) is 14.8. The maximum atomic E-state index is 6.12. The Hall–Kier alpha value is -10.3. The van der Waals surface area contributed by atoms with Crippen molar-refractivity contribution in [2.24, 2.45) is 0 Å². The number of benzene rings is 14. The van der Waals surface area contributed by atoms with Gasteiger partial charge in [-0.05, 0) is 233 Å². The van der Waals surface area contributed by atoms with Crippen LogP contribution in [0.5, 0.6) is 0 Å². The smallest absolute Gasteiger partial charge is 0.113 e. The van der Waals surface area contributed by atoms with Gasteiger partial charge >= 0.3 is 0 Å². The van der Waals surface area contributed by atoms with Gasteiger partial charge in [0.05, 0.1) is 0 Å². The van der Waals surface area contributed by atoms with E-state index >= 15 is 0 Å². The van der Waals surface area contributed by atoms with Crippen LogP contribution in [0.2, 0.25) is 0 Å². The Morgan fingerprint density at radius 3 is 0.820 bits per heavy atom. The average Bonchev–Trinajstić information content (AvgIpc) is 0.732. The highest BCUT2D eigenvalue weighted by Gasteiger charge is 2.24. The molecule has 100 heavy (non-hydrogen) atoms. The monoisotopic (exact) mass is 1360 g/mol. The number of hydrogen-bond donors (Lipinski definition) is 0. The highest BCUT2D eigenvalue weighted by atomic mass is 79.9. The number of anilines is 6. The molecule has 0 saturated carbocycles. The van der Waals surface area contributed by atoms with E-state index in [0.29, 0.717) is 0 Å². The average molecular weight is 1360 g/mol. The van der Waals surface area contributed by atoms with Gasteiger partial charge < -0.3 is 9.80 Å². The minimum Gasteiger partial charge on any atom is -0.311 e. The molecule has 0 aliphatic rings. The van der Waals surface area contributed by atoms with Gasteiger partial charge in [-0.2, -0.15) is 0 Å². The van der Waals surface area contributed by atoms with Crippen LogP contribution in [0.4, 0.5) is 34.1 Å². The fraction of sp³-hybridized carbons (Fsp3) is 0.167. The van der Waals surface area contributed by atoms with Crippen LogP contribution in [0.25, 0.3) is 99.4 Å². The van der Waals surface area contributed by atoms with Crippen LogP contribution in [-0.4, -0.2) is 7.85 Å². The van der Waals surface area contributed by atoms with E-state index in [-0.39, 0.29) is 0 Å². The molecule has 4 heteroatoms. The van der Waals surface area contributed by atoms with Gasteiger partial charge in [-0.25, -0.2) is 0 Å². The molecule has 14 rings (SSSR count). The van der Waals surface area contributed by atoms with Gasteiger partial charge in [0.25, 0.3) is 0 Å². The van der Waals surface area contributed by atoms with E-state index in [1.165, 1.54) is 164 Å². The summed E-state index contributed by atoms with van der Waals surface area (Å²) >= 11 is 3.64. The molecular formula is C96H86BBrN2. The van der Waals surface area contributed by atoms with E-state index < -0.39 is 0 Å². The number of rotatable bonds is 27. The standard InChI is InChI=1S/C96H86BBrN2/c1-3-5-7-9-11-15-29-79-67-93(77-47-63-87(64-48-77)99(83-55-39-73(40-56-83)69-25-17-13-18-26-69)85-59-43-75(44-60-85)71-35-51-81(97)52-36-71)89-31-21-23-33-91(89)95(79)96-80(30-16-12-10-8-6-4-2)68-94(90-32-22-24-34-92(90)96)78-49-65-88(66-50-78)100(84-57-41-74(42-58-84)70-27-19-14-20-28-70)86-61-45-76(46-62-86)72-37-53-82(98)54-38-72/h13-14,17-28,31-68H,3-12,15-16,29-30H2,1-2H3. The molecule has 0 amide bonds. The van der Waals surface area contributed by atoms with E-state index in [1.807, 2.05) is 12.1 Å². The molecule has 2 nitrogen and oxygen atoms in total. The second kappa shape index (κ2) is 32.2. The Morgan fingerprint density at radius 1 is 0.250 bits per heavy atom. The zero-order chi connectivity index (χ0) is 68.0. The lowest BCUT2D eigenvalue weighted by Crippen LogP contribution is -2.10. The summed E-state index contributed by atoms with van der Waals surface area (Å²) in [5, 5.41) is 5.20. The van der Waals surface area contributed by atoms with Crippen molar-refractivity contribution < 1.29 is 0 Å². The third-order valence-electron chi connectivity index (χ3n) is 20.1. The maximum Gasteiger partial charge on any atom is 0.113 e. The number of hydrogen-bond acceptors (Lipinski definition) is 2. The first-order valence-electron chi connectivity index (χ1n) is 36.4. The lowest BCUT2D eigenvalue weighted by molar-refractivity contribution is 0.607. The molecule has 14 aromatic rings. The minimum absolute atomic E-state index is 0.764. The normalized spacial score (nSPS) is 11.3. The molecule has 14 aromatic carbocycles. The van der Waals surface area contributed by atoms with Crippen molar-refractivity contribution in [3.8, 4) is 77.9 Å². The zero-order valence-electron chi connectivity index (χ0n) is 57.8. The Labute approximate surface area is 603 Å². The Balaban J connectivity index is 0.868. The number of nitrogens with zero attached hydrogens (tertiary/aromatic N) is 2. The second-order valence-corrected chi connectivity index (χ2v) is 27.8. The Bertz CT molecular complexity index is 4650. The van der Waals surface area contributed by atoms with Crippen molar-refractivity contribution in [3.63, 3.8) is 0 Å². The maximum absolute atomic E-state index is 6.12. The van der Waals surface area contributed by atoms with E-state index in [2.05, 4.69) is 343 Å². The van der Waals surface area contributed by atoms with Crippen LogP contribution in [0.15, 0.2) is 320 Å². The summed E-state index contributed by atoms with van der Waals surface area (Å²) in [6, 6.07) is 117. The highest BCUT2D eigenvalue weighted by Crippen LogP contribution is 2.48. The molecule has 2 radical (unpaired) electrons. The number of halogens is 1. The van der Waals surface area contributed by atoms with Crippen LogP contribution in [0.1, 0.15) is 102 Å². The van der Waals surface area contributed by atoms with Crippen molar-refractivity contribution in [3.05, 3.63) is 331 Å². The molecular weight excluding hydrogens is 1270 g/mol. The molecule has 0 aromatic heterocycles. The van der Waals surface area contributed by atoms with Crippen LogP contribution >= 0.6 is 15.9 Å². The molecule has 0 aliphatic heterocycles. The molecule has 490 valence electrons. The molecule has 0 bridgehead atoms. The van der Waals surface area contributed by atoms with Crippen molar-refractivity contribution in [1.29, 1.82) is 0 Å². The summed E-state index contributed by atoms with van der Waals surface area (Å²) in [7, 11) is 6.12.